The van der Waals surface area contributed by atoms with Crippen molar-refractivity contribution in [3.8, 4) is 11.4 Å². The fourth-order valence-corrected chi connectivity index (χ4v) is 6.28. The van der Waals surface area contributed by atoms with E-state index < -0.39 is 23.9 Å². The first-order valence-electron chi connectivity index (χ1n) is 15.4. The highest BCUT2D eigenvalue weighted by molar-refractivity contribution is 6.04. The molecule has 1 fully saturated rings. The second kappa shape index (κ2) is 14.5. The molecule has 11 heteroatoms. The van der Waals surface area contributed by atoms with Gasteiger partial charge in [-0.3, -0.25) is 19.2 Å². The number of aromatic amines is 1. The minimum absolute atomic E-state index is 0.0545. The monoisotopic (exact) mass is 605 g/mol. The van der Waals surface area contributed by atoms with Crippen LogP contribution in [0.2, 0.25) is 0 Å². The largest absolute Gasteiger partial charge is 0.466 e. The normalized spacial score (nSPS) is 20.0. The molecule has 236 valence electrons. The van der Waals surface area contributed by atoms with Crippen LogP contribution in [0.25, 0.3) is 21.9 Å². The maximum atomic E-state index is 13.9. The Hall–Kier alpha value is -4.17. The van der Waals surface area contributed by atoms with Gasteiger partial charge in [0.15, 0.2) is 11.5 Å². The smallest absolute Gasteiger partial charge is 0.331 e. The molecule has 0 spiro atoms. The number of hydrogen-bond acceptors (Lipinski definition) is 8. The standard InChI is InChI=1S/C33H43N5O6/c1-8-42-26(39)16-24(17-27(40)43-9-2)35-18-25-29(34-7)28(33(41)44-30-21(5)14-20(4)15-22(30)6)32-36-31(37-38(25)32)23-12-10-19(3)11-13-23/h10-13,20-22,24,30,35H,8-9,14-18H2,1-6H3,(H,36,37). The summed E-state index contributed by atoms with van der Waals surface area (Å²) in [5.74, 6) is -0.0725. The third-order valence-electron chi connectivity index (χ3n) is 8.20. The van der Waals surface area contributed by atoms with Crippen LogP contribution < -0.4 is 5.32 Å². The summed E-state index contributed by atoms with van der Waals surface area (Å²) >= 11 is 0. The average molecular weight is 606 g/mol. The molecule has 0 bridgehead atoms. The Labute approximate surface area is 258 Å². The first-order chi connectivity index (χ1) is 21.1. The van der Waals surface area contributed by atoms with E-state index in [1.807, 2.05) is 31.2 Å². The van der Waals surface area contributed by atoms with Gasteiger partial charge in [0.25, 0.3) is 0 Å². The highest BCUT2D eigenvalue weighted by Gasteiger charge is 2.37. The Balaban J connectivity index is 1.73. The third-order valence-corrected chi connectivity index (χ3v) is 8.20. The second-order valence-electron chi connectivity index (χ2n) is 11.9. The van der Waals surface area contributed by atoms with Crippen molar-refractivity contribution in [2.24, 2.45) is 17.8 Å². The van der Waals surface area contributed by atoms with Crippen LogP contribution in [0.4, 0.5) is 5.69 Å². The molecule has 2 atom stereocenters. The summed E-state index contributed by atoms with van der Waals surface area (Å²) < 4.78 is 18.0. The molecule has 1 saturated carbocycles. The number of nitrogens with zero attached hydrogens (tertiary/aromatic N) is 3. The summed E-state index contributed by atoms with van der Waals surface area (Å²) in [7, 11) is 0. The maximum Gasteiger partial charge on any atom is 0.331 e. The van der Waals surface area contributed by atoms with Gasteiger partial charge >= 0.3 is 17.9 Å². The van der Waals surface area contributed by atoms with Gasteiger partial charge in [-0.15, -0.1) is 0 Å². The van der Waals surface area contributed by atoms with Crippen LogP contribution in [0.3, 0.4) is 0 Å². The molecule has 3 aromatic rings. The van der Waals surface area contributed by atoms with Crippen molar-refractivity contribution in [3.63, 3.8) is 0 Å². The van der Waals surface area contributed by atoms with E-state index >= 15 is 0 Å². The number of hydrogen-bond donors (Lipinski definition) is 2. The summed E-state index contributed by atoms with van der Waals surface area (Å²) in [5, 5.41) is 6.48. The van der Waals surface area contributed by atoms with E-state index in [0.29, 0.717) is 17.4 Å². The van der Waals surface area contributed by atoms with Gasteiger partial charge < -0.3 is 19.5 Å². The molecular weight excluding hydrogens is 562 g/mol. The number of aromatic nitrogens is 3. The van der Waals surface area contributed by atoms with Gasteiger partial charge in [0, 0.05) is 18.2 Å². The minimum Gasteiger partial charge on any atom is -0.466 e. The van der Waals surface area contributed by atoms with Crippen molar-refractivity contribution in [1.29, 1.82) is 0 Å². The Morgan fingerprint density at radius 1 is 1.05 bits per heavy atom. The van der Waals surface area contributed by atoms with Gasteiger partial charge in [-0.05, 0) is 51.4 Å². The van der Waals surface area contributed by atoms with Gasteiger partial charge in [-0.25, -0.2) is 14.6 Å². The minimum atomic E-state index is -0.627. The third kappa shape index (κ3) is 7.48. The lowest BCUT2D eigenvalue weighted by Crippen LogP contribution is -2.37. The van der Waals surface area contributed by atoms with E-state index in [2.05, 4.69) is 36.0 Å². The van der Waals surface area contributed by atoms with Crippen LogP contribution >= 0.6 is 0 Å². The van der Waals surface area contributed by atoms with E-state index in [4.69, 9.17) is 25.8 Å². The number of fused-ring (bicyclic) bond motifs is 1. The molecule has 2 N–H and O–H groups in total. The average Bonchev–Trinajstić information content (AvgIpc) is 3.51. The first kappa shape index (κ1) is 32.7. The molecule has 44 heavy (non-hydrogen) atoms. The highest BCUT2D eigenvalue weighted by atomic mass is 16.5. The predicted molar refractivity (Wildman–Crippen MR) is 165 cm³/mol. The number of esters is 3. The lowest BCUT2D eigenvalue weighted by molar-refractivity contribution is -0.145. The summed E-state index contributed by atoms with van der Waals surface area (Å²) in [4.78, 5) is 47.1. The predicted octanol–water partition coefficient (Wildman–Crippen LogP) is 5.78. The van der Waals surface area contributed by atoms with Crippen LogP contribution in [0.5, 0.6) is 0 Å². The molecule has 1 aromatic carbocycles. The summed E-state index contributed by atoms with van der Waals surface area (Å²) in [6.07, 6.45) is 1.50. The summed E-state index contributed by atoms with van der Waals surface area (Å²) in [6, 6.07) is 7.18. The molecule has 11 nitrogen and oxygen atoms in total. The molecule has 0 amide bonds. The van der Waals surface area contributed by atoms with E-state index in [1.165, 1.54) is 0 Å². The van der Waals surface area contributed by atoms with Gasteiger partial charge in [0.2, 0.25) is 5.69 Å². The lowest BCUT2D eigenvalue weighted by atomic mass is 9.75. The number of carbonyl (C=O) groups excluding carboxylic acids is 3. The van der Waals surface area contributed by atoms with Crippen LogP contribution in [-0.2, 0) is 30.3 Å². The number of H-pyrrole nitrogens is 1. The molecule has 0 radical (unpaired) electrons. The number of aryl methyl sites for hydroxylation is 1. The molecule has 0 aliphatic heterocycles. The van der Waals surface area contributed by atoms with Crippen molar-refractivity contribution in [3.05, 3.63) is 52.5 Å². The fraction of sp³-hybridized carbons (Fsp3) is 0.545. The topological polar surface area (TPSA) is 128 Å². The van der Waals surface area contributed by atoms with Crippen molar-refractivity contribution in [1.82, 2.24) is 19.9 Å². The second-order valence-corrected chi connectivity index (χ2v) is 11.9. The van der Waals surface area contributed by atoms with E-state index in [9.17, 15) is 14.4 Å². The number of carbonyl (C=O) groups is 3. The molecule has 1 aliphatic rings. The van der Waals surface area contributed by atoms with Crippen LogP contribution in [0.1, 0.15) is 81.9 Å². The Bertz CT molecular complexity index is 1490. The molecule has 2 heterocycles. The van der Waals surface area contributed by atoms with Gasteiger partial charge in [0.1, 0.15) is 11.7 Å². The van der Waals surface area contributed by atoms with Crippen molar-refractivity contribution in [2.45, 2.75) is 85.9 Å². The number of benzene rings is 1. The maximum absolute atomic E-state index is 13.9. The lowest BCUT2D eigenvalue weighted by Gasteiger charge is -2.37. The summed E-state index contributed by atoms with van der Waals surface area (Å²) in [5.41, 5.74) is 2.82. The van der Waals surface area contributed by atoms with Crippen molar-refractivity contribution in [2.75, 3.05) is 13.2 Å². The van der Waals surface area contributed by atoms with E-state index in [0.717, 1.165) is 24.0 Å². The van der Waals surface area contributed by atoms with Gasteiger partial charge in [0.05, 0.1) is 38.3 Å². The van der Waals surface area contributed by atoms with Crippen LogP contribution in [-0.4, -0.2) is 57.9 Å². The Kier molecular flexibility index (Phi) is 10.8. The highest BCUT2D eigenvalue weighted by Crippen LogP contribution is 2.38. The molecule has 4 rings (SSSR count). The zero-order chi connectivity index (χ0) is 32.0. The Morgan fingerprint density at radius 3 is 2.18 bits per heavy atom. The summed E-state index contributed by atoms with van der Waals surface area (Å²) in [6.45, 7) is 20.4. The van der Waals surface area contributed by atoms with E-state index in [-0.39, 0.29) is 67.4 Å². The molecule has 0 saturated heterocycles. The SMILES string of the molecule is [C-]#[N+]c1c(C(=O)OC2C(C)CC(C)CC2C)c2nc(-c3ccc(C)cc3)[nH]n2c1CNC(CC(=O)OCC)CC(=O)OCC. The van der Waals surface area contributed by atoms with Crippen molar-refractivity contribution < 1.29 is 28.6 Å². The molecule has 1 aliphatic carbocycles. The van der Waals surface area contributed by atoms with Crippen LogP contribution in [0, 0.1) is 31.2 Å². The zero-order valence-corrected chi connectivity index (χ0v) is 26.4. The number of nitrogens with one attached hydrogen (secondary N) is 2. The van der Waals surface area contributed by atoms with Crippen molar-refractivity contribution >= 4 is 29.2 Å². The number of rotatable bonds is 12. The van der Waals surface area contributed by atoms with E-state index in [1.54, 1.807) is 18.4 Å². The Morgan fingerprint density at radius 2 is 1.64 bits per heavy atom. The quantitative estimate of drug-likeness (QED) is 0.151. The number of ether oxygens (including phenoxy) is 3. The first-order valence-corrected chi connectivity index (χ1v) is 15.4. The zero-order valence-electron chi connectivity index (χ0n) is 26.4. The molecular formula is C33H43N5O6. The molecule has 2 unspecified atom stereocenters. The fourth-order valence-electron chi connectivity index (χ4n) is 6.28. The van der Waals surface area contributed by atoms with Gasteiger partial charge in [-0.1, -0.05) is 50.6 Å². The van der Waals surface area contributed by atoms with Crippen LogP contribution in [0.15, 0.2) is 24.3 Å². The molecule has 2 aromatic heterocycles. The van der Waals surface area contributed by atoms with Gasteiger partial charge in [-0.2, -0.15) is 0 Å².